The molecule has 0 fully saturated rings. The SMILES string of the molecule is CCN(CC)CC(C)NS(=O)(=O)c1c(C)n[nH]c1C. The Kier molecular flexibility index (Phi) is 5.51. The molecular weight excluding hydrogens is 264 g/mol. The number of aromatic amines is 1. The third kappa shape index (κ3) is 4.02. The van der Waals surface area contributed by atoms with E-state index in [-0.39, 0.29) is 10.9 Å². The summed E-state index contributed by atoms with van der Waals surface area (Å²) in [5, 5.41) is 6.63. The number of hydrogen-bond acceptors (Lipinski definition) is 4. The number of aryl methyl sites for hydroxylation is 2. The summed E-state index contributed by atoms with van der Waals surface area (Å²) < 4.78 is 27.3. The molecule has 1 heterocycles. The predicted molar refractivity (Wildman–Crippen MR) is 75.6 cm³/mol. The second-order valence-electron chi connectivity index (χ2n) is 4.77. The van der Waals surface area contributed by atoms with Crippen molar-refractivity contribution in [2.45, 2.75) is 45.6 Å². The molecule has 0 radical (unpaired) electrons. The molecule has 1 atom stereocenters. The first-order valence-corrected chi connectivity index (χ1v) is 8.06. The molecule has 1 aromatic heterocycles. The molecule has 6 nitrogen and oxygen atoms in total. The lowest BCUT2D eigenvalue weighted by Crippen LogP contribution is -2.42. The molecule has 0 spiro atoms. The van der Waals surface area contributed by atoms with Crippen LogP contribution in [-0.4, -0.2) is 49.2 Å². The van der Waals surface area contributed by atoms with Gasteiger partial charge in [0, 0.05) is 12.6 Å². The molecule has 1 rings (SSSR count). The molecule has 19 heavy (non-hydrogen) atoms. The van der Waals surface area contributed by atoms with Crippen LogP contribution in [0.4, 0.5) is 0 Å². The maximum absolute atomic E-state index is 12.3. The monoisotopic (exact) mass is 288 g/mol. The van der Waals surface area contributed by atoms with Gasteiger partial charge in [-0.1, -0.05) is 13.8 Å². The fraction of sp³-hybridized carbons (Fsp3) is 0.750. The van der Waals surface area contributed by atoms with E-state index in [0.29, 0.717) is 17.9 Å². The van der Waals surface area contributed by atoms with Crippen molar-refractivity contribution in [1.82, 2.24) is 19.8 Å². The fourth-order valence-electron chi connectivity index (χ4n) is 2.17. The van der Waals surface area contributed by atoms with Crippen molar-refractivity contribution < 1.29 is 8.42 Å². The molecule has 0 aliphatic carbocycles. The van der Waals surface area contributed by atoms with Gasteiger partial charge >= 0.3 is 0 Å². The van der Waals surface area contributed by atoms with Gasteiger partial charge in [0.25, 0.3) is 0 Å². The van der Waals surface area contributed by atoms with Gasteiger partial charge in [0.2, 0.25) is 10.0 Å². The van der Waals surface area contributed by atoms with E-state index in [1.165, 1.54) is 0 Å². The normalized spacial score (nSPS) is 14.0. The molecule has 0 aliphatic heterocycles. The Morgan fingerprint density at radius 2 is 1.89 bits per heavy atom. The van der Waals surface area contributed by atoms with Crippen LogP contribution in [0.3, 0.4) is 0 Å². The number of nitrogens with one attached hydrogen (secondary N) is 2. The van der Waals surface area contributed by atoms with E-state index in [4.69, 9.17) is 0 Å². The highest BCUT2D eigenvalue weighted by atomic mass is 32.2. The van der Waals surface area contributed by atoms with Gasteiger partial charge < -0.3 is 4.90 Å². The summed E-state index contributed by atoms with van der Waals surface area (Å²) in [5.74, 6) is 0. The zero-order valence-corrected chi connectivity index (χ0v) is 13.1. The van der Waals surface area contributed by atoms with E-state index in [9.17, 15) is 8.42 Å². The molecule has 1 aromatic rings. The second kappa shape index (κ2) is 6.49. The topological polar surface area (TPSA) is 78.1 Å². The zero-order chi connectivity index (χ0) is 14.6. The van der Waals surface area contributed by atoms with Crippen molar-refractivity contribution in [1.29, 1.82) is 0 Å². The zero-order valence-electron chi connectivity index (χ0n) is 12.3. The minimum absolute atomic E-state index is 0.140. The van der Waals surface area contributed by atoms with Gasteiger partial charge in [-0.15, -0.1) is 0 Å². The first-order valence-electron chi connectivity index (χ1n) is 6.58. The quantitative estimate of drug-likeness (QED) is 0.785. The van der Waals surface area contributed by atoms with Gasteiger partial charge in [-0.25, -0.2) is 13.1 Å². The number of likely N-dealkylation sites (N-methyl/N-ethyl adjacent to an activating group) is 1. The highest BCUT2D eigenvalue weighted by Crippen LogP contribution is 2.16. The van der Waals surface area contributed by atoms with Crippen LogP contribution in [0.5, 0.6) is 0 Å². The number of hydrogen-bond donors (Lipinski definition) is 2. The number of rotatable bonds is 7. The Bertz CT molecular complexity index is 486. The lowest BCUT2D eigenvalue weighted by Gasteiger charge is -2.23. The van der Waals surface area contributed by atoms with Crippen molar-refractivity contribution >= 4 is 10.0 Å². The summed E-state index contributed by atoms with van der Waals surface area (Å²) >= 11 is 0. The minimum Gasteiger partial charge on any atom is -0.302 e. The first-order chi connectivity index (χ1) is 8.81. The average molecular weight is 288 g/mol. The van der Waals surface area contributed by atoms with Gasteiger partial charge in [-0.05, 0) is 33.9 Å². The van der Waals surface area contributed by atoms with Crippen LogP contribution in [0.2, 0.25) is 0 Å². The molecule has 2 N–H and O–H groups in total. The Morgan fingerprint density at radius 1 is 1.32 bits per heavy atom. The fourth-order valence-corrected chi connectivity index (χ4v) is 3.77. The molecule has 0 aromatic carbocycles. The molecule has 0 bridgehead atoms. The molecule has 7 heteroatoms. The van der Waals surface area contributed by atoms with Gasteiger partial charge in [0.05, 0.1) is 11.4 Å². The van der Waals surface area contributed by atoms with Gasteiger partial charge in [-0.3, -0.25) is 5.10 Å². The summed E-state index contributed by atoms with van der Waals surface area (Å²) in [4.78, 5) is 2.45. The third-order valence-electron chi connectivity index (χ3n) is 3.11. The maximum Gasteiger partial charge on any atom is 0.244 e. The lowest BCUT2D eigenvalue weighted by molar-refractivity contribution is 0.282. The molecule has 0 saturated carbocycles. The highest BCUT2D eigenvalue weighted by Gasteiger charge is 2.24. The van der Waals surface area contributed by atoms with Crippen LogP contribution in [0.25, 0.3) is 0 Å². The van der Waals surface area contributed by atoms with E-state index in [1.807, 2.05) is 6.92 Å². The van der Waals surface area contributed by atoms with Crippen LogP contribution in [0.15, 0.2) is 4.90 Å². The number of H-pyrrole nitrogens is 1. The summed E-state index contributed by atoms with van der Waals surface area (Å²) in [5.41, 5.74) is 1.07. The number of aromatic nitrogens is 2. The molecule has 0 saturated heterocycles. The van der Waals surface area contributed by atoms with E-state index < -0.39 is 10.0 Å². The van der Waals surface area contributed by atoms with Crippen LogP contribution in [-0.2, 0) is 10.0 Å². The Labute approximate surface area is 115 Å². The molecule has 1 unspecified atom stereocenters. The number of nitrogens with zero attached hydrogens (tertiary/aromatic N) is 2. The van der Waals surface area contributed by atoms with Gasteiger partial charge in [0.1, 0.15) is 4.90 Å². The van der Waals surface area contributed by atoms with Crippen molar-refractivity contribution in [2.24, 2.45) is 0 Å². The Hall–Kier alpha value is -0.920. The summed E-state index contributed by atoms with van der Waals surface area (Å²) in [6, 6.07) is -0.140. The van der Waals surface area contributed by atoms with E-state index in [1.54, 1.807) is 13.8 Å². The molecule has 110 valence electrons. The molecule has 0 aliphatic rings. The maximum atomic E-state index is 12.3. The van der Waals surface area contributed by atoms with Crippen molar-refractivity contribution in [3.8, 4) is 0 Å². The molecule has 0 amide bonds. The van der Waals surface area contributed by atoms with E-state index in [2.05, 4.69) is 33.7 Å². The van der Waals surface area contributed by atoms with Gasteiger partial charge in [-0.2, -0.15) is 5.10 Å². The van der Waals surface area contributed by atoms with Crippen LogP contribution >= 0.6 is 0 Å². The Balaban J connectivity index is 2.81. The lowest BCUT2D eigenvalue weighted by atomic mass is 10.3. The average Bonchev–Trinajstić information content (AvgIpc) is 2.65. The van der Waals surface area contributed by atoms with E-state index >= 15 is 0 Å². The van der Waals surface area contributed by atoms with Crippen molar-refractivity contribution in [2.75, 3.05) is 19.6 Å². The first kappa shape index (κ1) is 16.1. The smallest absolute Gasteiger partial charge is 0.244 e. The third-order valence-corrected chi connectivity index (χ3v) is 4.96. The van der Waals surface area contributed by atoms with Gasteiger partial charge in [0.15, 0.2) is 0 Å². The largest absolute Gasteiger partial charge is 0.302 e. The van der Waals surface area contributed by atoms with Crippen LogP contribution in [0, 0.1) is 13.8 Å². The number of sulfonamides is 1. The standard InChI is InChI=1S/C12H24N4O2S/c1-6-16(7-2)8-9(3)15-19(17,18)12-10(4)13-14-11(12)5/h9,15H,6-8H2,1-5H3,(H,13,14). The predicted octanol–water partition coefficient (Wildman–Crippen LogP) is 1.04. The Morgan fingerprint density at radius 3 is 2.32 bits per heavy atom. The van der Waals surface area contributed by atoms with Crippen molar-refractivity contribution in [3.05, 3.63) is 11.4 Å². The van der Waals surface area contributed by atoms with Crippen LogP contribution < -0.4 is 4.72 Å². The molecular formula is C12H24N4O2S. The van der Waals surface area contributed by atoms with Crippen LogP contribution in [0.1, 0.15) is 32.2 Å². The van der Waals surface area contributed by atoms with E-state index in [0.717, 1.165) is 13.1 Å². The highest BCUT2D eigenvalue weighted by molar-refractivity contribution is 7.89. The summed E-state index contributed by atoms with van der Waals surface area (Å²) in [7, 11) is -3.51. The minimum atomic E-state index is -3.51. The summed E-state index contributed by atoms with van der Waals surface area (Å²) in [6.45, 7) is 11.9. The van der Waals surface area contributed by atoms with Crippen molar-refractivity contribution in [3.63, 3.8) is 0 Å². The second-order valence-corrected chi connectivity index (χ2v) is 6.42. The summed E-state index contributed by atoms with van der Waals surface area (Å²) in [6.07, 6.45) is 0.